The quantitative estimate of drug-likeness (QED) is 0.883. The number of benzene rings is 1. The molecular weight excluding hydrogens is 324 g/mol. The summed E-state index contributed by atoms with van der Waals surface area (Å²) in [6, 6.07) is 9.58. The standard InChI is InChI=1S/C19H28N2O2.ClH/c1-13(2)14-5-4-6-18(9-14)23-12-19(22)21(3)17-10-15-7-8-16(11-17)20-15;/h4-6,9,13,15-17,20H,7-8,10-12H2,1-3H3;1H. The van der Waals surface area contributed by atoms with Gasteiger partial charge in [-0.3, -0.25) is 4.79 Å². The van der Waals surface area contributed by atoms with Crippen molar-refractivity contribution < 1.29 is 9.53 Å². The van der Waals surface area contributed by atoms with Crippen LogP contribution in [0.5, 0.6) is 5.75 Å². The first-order valence-corrected chi connectivity index (χ1v) is 8.77. The van der Waals surface area contributed by atoms with Crippen LogP contribution >= 0.6 is 12.4 Å². The zero-order valence-electron chi connectivity index (χ0n) is 14.8. The summed E-state index contributed by atoms with van der Waals surface area (Å²) < 4.78 is 5.73. The monoisotopic (exact) mass is 352 g/mol. The number of nitrogens with one attached hydrogen (secondary N) is 1. The van der Waals surface area contributed by atoms with E-state index in [0.29, 0.717) is 24.0 Å². The van der Waals surface area contributed by atoms with Crippen molar-refractivity contribution >= 4 is 18.3 Å². The van der Waals surface area contributed by atoms with Crippen LogP contribution < -0.4 is 10.1 Å². The SMILES string of the molecule is CC(C)c1cccc(OCC(=O)N(C)C2CC3CCC(C2)N3)c1.Cl. The number of carbonyl (C=O) groups is 1. The van der Waals surface area contributed by atoms with Crippen molar-refractivity contribution in [3.05, 3.63) is 29.8 Å². The van der Waals surface area contributed by atoms with Crippen molar-refractivity contribution in [2.24, 2.45) is 0 Å². The third-order valence-electron chi connectivity index (χ3n) is 5.28. The maximum atomic E-state index is 12.4. The lowest BCUT2D eigenvalue weighted by molar-refractivity contribution is -0.134. The molecule has 2 fully saturated rings. The highest BCUT2D eigenvalue weighted by atomic mass is 35.5. The molecule has 3 rings (SSSR count). The second-order valence-electron chi connectivity index (χ2n) is 7.28. The molecule has 134 valence electrons. The first kappa shape index (κ1) is 19.1. The van der Waals surface area contributed by atoms with E-state index in [-0.39, 0.29) is 24.9 Å². The van der Waals surface area contributed by atoms with E-state index in [4.69, 9.17) is 4.74 Å². The minimum Gasteiger partial charge on any atom is -0.484 e. The molecule has 2 heterocycles. The van der Waals surface area contributed by atoms with Crippen LogP contribution in [-0.4, -0.2) is 42.6 Å². The average Bonchev–Trinajstić information content (AvgIpc) is 2.90. The van der Waals surface area contributed by atoms with Crippen molar-refractivity contribution in [2.75, 3.05) is 13.7 Å². The zero-order valence-corrected chi connectivity index (χ0v) is 15.6. The summed E-state index contributed by atoms with van der Waals surface area (Å²) in [5, 5.41) is 3.62. The predicted molar refractivity (Wildman–Crippen MR) is 99.0 cm³/mol. The van der Waals surface area contributed by atoms with Gasteiger partial charge in [0, 0.05) is 25.2 Å². The van der Waals surface area contributed by atoms with Crippen LogP contribution in [0, 0.1) is 0 Å². The number of amides is 1. The number of nitrogens with zero attached hydrogens (tertiary/aromatic N) is 1. The van der Waals surface area contributed by atoms with Crippen LogP contribution in [0.3, 0.4) is 0 Å². The van der Waals surface area contributed by atoms with Crippen molar-refractivity contribution in [2.45, 2.75) is 63.6 Å². The van der Waals surface area contributed by atoms with Gasteiger partial charge < -0.3 is 15.0 Å². The Morgan fingerprint density at radius 2 is 1.96 bits per heavy atom. The molecule has 0 radical (unpaired) electrons. The summed E-state index contributed by atoms with van der Waals surface area (Å²) in [7, 11) is 1.92. The molecule has 0 saturated carbocycles. The highest BCUT2D eigenvalue weighted by Gasteiger charge is 2.36. The lowest BCUT2D eigenvalue weighted by atomic mass is 9.98. The van der Waals surface area contributed by atoms with Crippen LogP contribution in [0.2, 0.25) is 0 Å². The van der Waals surface area contributed by atoms with Gasteiger partial charge in [0.05, 0.1) is 0 Å². The number of rotatable bonds is 5. The molecule has 5 heteroatoms. The average molecular weight is 353 g/mol. The largest absolute Gasteiger partial charge is 0.484 e. The first-order valence-electron chi connectivity index (χ1n) is 8.77. The van der Waals surface area contributed by atoms with Crippen molar-refractivity contribution in [1.82, 2.24) is 10.2 Å². The fourth-order valence-corrected chi connectivity index (χ4v) is 3.76. The lowest BCUT2D eigenvalue weighted by Gasteiger charge is -2.35. The van der Waals surface area contributed by atoms with E-state index >= 15 is 0 Å². The molecule has 24 heavy (non-hydrogen) atoms. The van der Waals surface area contributed by atoms with Crippen LogP contribution in [0.25, 0.3) is 0 Å². The number of carbonyl (C=O) groups excluding carboxylic acids is 1. The van der Waals surface area contributed by atoms with Gasteiger partial charge in [-0.2, -0.15) is 0 Å². The molecule has 2 bridgehead atoms. The zero-order chi connectivity index (χ0) is 16.4. The topological polar surface area (TPSA) is 41.6 Å². The number of piperidine rings is 1. The van der Waals surface area contributed by atoms with E-state index in [1.54, 1.807) is 0 Å². The molecule has 0 spiro atoms. The molecule has 1 N–H and O–H groups in total. The Balaban J connectivity index is 0.00000208. The smallest absolute Gasteiger partial charge is 0.260 e. The lowest BCUT2D eigenvalue weighted by Crippen LogP contribution is -2.49. The Hall–Kier alpha value is -1.26. The van der Waals surface area contributed by atoms with Crippen LogP contribution in [0.15, 0.2) is 24.3 Å². The summed E-state index contributed by atoms with van der Waals surface area (Å²) >= 11 is 0. The summed E-state index contributed by atoms with van der Waals surface area (Å²) in [6.07, 6.45) is 4.65. The third-order valence-corrected chi connectivity index (χ3v) is 5.28. The van der Waals surface area contributed by atoms with Gasteiger partial charge in [0.15, 0.2) is 6.61 Å². The molecule has 0 aliphatic carbocycles. The molecule has 4 nitrogen and oxygen atoms in total. The van der Waals surface area contributed by atoms with Gasteiger partial charge in [-0.1, -0.05) is 26.0 Å². The maximum absolute atomic E-state index is 12.4. The van der Waals surface area contributed by atoms with E-state index in [9.17, 15) is 4.79 Å². The first-order chi connectivity index (χ1) is 11.0. The predicted octanol–water partition coefficient (Wildman–Crippen LogP) is 3.35. The number of hydrogen-bond donors (Lipinski definition) is 1. The number of ether oxygens (including phenoxy) is 1. The Bertz CT molecular complexity index is 552. The fourth-order valence-electron chi connectivity index (χ4n) is 3.76. The minimum absolute atomic E-state index is 0. The molecule has 2 aliphatic rings. The molecule has 1 aromatic carbocycles. The Kier molecular flexibility index (Phi) is 6.53. The van der Waals surface area contributed by atoms with Gasteiger partial charge in [-0.05, 0) is 49.3 Å². The van der Waals surface area contributed by atoms with Crippen LogP contribution in [0.4, 0.5) is 0 Å². The molecule has 2 aliphatic heterocycles. The number of fused-ring (bicyclic) bond motifs is 2. The van der Waals surface area contributed by atoms with Crippen LogP contribution in [-0.2, 0) is 4.79 Å². The van der Waals surface area contributed by atoms with E-state index in [1.165, 1.54) is 18.4 Å². The highest BCUT2D eigenvalue weighted by Crippen LogP contribution is 2.29. The minimum atomic E-state index is 0. The summed E-state index contributed by atoms with van der Waals surface area (Å²) in [4.78, 5) is 14.3. The third kappa shape index (κ3) is 4.42. The second-order valence-corrected chi connectivity index (χ2v) is 7.28. The molecular formula is C19H29ClN2O2. The summed E-state index contributed by atoms with van der Waals surface area (Å²) in [6.45, 7) is 4.43. The second kappa shape index (κ2) is 8.21. The van der Waals surface area contributed by atoms with E-state index in [2.05, 4.69) is 25.2 Å². The molecule has 1 aromatic rings. The van der Waals surface area contributed by atoms with Crippen molar-refractivity contribution in [1.29, 1.82) is 0 Å². The van der Waals surface area contributed by atoms with Crippen molar-refractivity contribution in [3.8, 4) is 5.75 Å². The number of halogens is 1. The van der Waals surface area contributed by atoms with E-state index < -0.39 is 0 Å². The van der Waals surface area contributed by atoms with Gasteiger partial charge in [-0.15, -0.1) is 12.4 Å². The molecule has 2 atom stereocenters. The molecule has 1 amide bonds. The summed E-state index contributed by atoms with van der Waals surface area (Å²) in [5.74, 6) is 1.32. The fraction of sp³-hybridized carbons (Fsp3) is 0.632. The van der Waals surface area contributed by atoms with Gasteiger partial charge in [0.1, 0.15) is 5.75 Å². The highest BCUT2D eigenvalue weighted by molar-refractivity contribution is 5.85. The number of likely N-dealkylation sites (N-methyl/N-ethyl adjacent to an activating group) is 1. The number of hydrogen-bond acceptors (Lipinski definition) is 3. The van der Waals surface area contributed by atoms with E-state index in [0.717, 1.165) is 18.6 Å². The van der Waals surface area contributed by atoms with Crippen LogP contribution in [0.1, 0.15) is 51.0 Å². The van der Waals surface area contributed by atoms with Crippen molar-refractivity contribution in [3.63, 3.8) is 0 Å². The summed E-state index contributed by atoms with van der Waals surface area (Å²) in [5.41, 5.74) is 1.23. The maximum Gasteiger partial charge on any atom is 0.260 e. The van der Waals surface area contributed by atoms with Gasteiger partial charge in [-0.25, -0.2) is 0 Å². The van der Waals surface area contributed by atoms with E-state index in [1.807, 2.05) is 30.1 Å². The van der Waals surface area contributed by atoms with Gasteiger partial charge in [0.25, 0.3) is 5.91 Å². The Labute approximate surface area is 151 Å². The molecule has 0 aromatic heterocycles. The molecule has 2 saturated heterocycles. The molecule has 2 unspecified atom stereocenters. The Morgan fingerprint density at radius 1 is 1.29 bits per heavy atom. The normalized spacial score (nSPS) is 25.2. The Morgan fingerprint density at radius 3 is 2.58 bits per heavy atom. The van der Waals surface area contributed by atoms with Gasteiger partial charge >= 0.3 is 0 Å². The van der Waals surface area contributed by atoms with Gasteiger partial charge in [0.2, 0.25) is 0 Å².